The number of carbonyl (C=O) groups is 1. The fourth-order valence-corrected chi connectivity index (χ4v) is 3.82. The Kier molecular flexibility index (Phi) is 2.46. The van der Waals surface area contributed by atoms with Crippen LogP contribution in [0.3, 0.4) is 0 Å². The van der Waals surface area contributed by atoms with Crippen molar-refractivity contribution in [2.24, 2.45) is 17.6 Å². The number of aromatic nitrogens is 2. The van der Waals surface area contributed by atoms with Crippen LogP contribution in [0.1, 0.15) is 39.6 Å². The molecule has 4 rings (SSSR count). The second-order valence-electron chi connectivity index (χ2n) is 5.91. The average molecular weight is 267 g/mol. The molecule has 0 spiro atoms. The van der Waals surface area contributed by atoms with Gasteiger partial charge in [0.05, 0.1) is 0 Å². The van der Waals surface area contributed by atoms with Gasteiger partial charge in [-0.05, 0) is 36.7 Å². The predicted molar refractivity (Wildman–Crippen MR) is 75.3 cm³/mol. The Hall–Kier alpha value is -2.10. The summed E-state index contributed by atoms with van der Waals surface area (Å²) in [7, 11) is 0. The van der Waals surface area contributed by atoms with E-state index in [9.17, 15) is 4.79 Å². The smallest absolute Gasteiger partial charge is 0.269 e. The van der Waals surface area contributed by atoms with Crippen LogP contribution in [0.5, 0.6) is 0 Å². The van der Waals surface area contributed by atoms with Gasteiger partial charge in [-0.1, -0.05) is 30.3 Å². The molecule has 0 bridgehead atoms. The minimum Gasteiger partial charge on any atom is -0.364 e. The van der Waals surface area contributed by atoms with Gasteiger partial charge in [0.2, 0.25) is 0 Å². The minimum absolute atomic E-state index is 0.412. The number of primary amides is 1. The molecule has 1 fully saturated rings. The first-order chi connectivity index (χ1) is 9.75. The number of carbonyl (C=O) groups excluding carboxylic acids is 1. The number of rotatable bonds is 4. The van der Waals surface area contributed by atoms with E-state index in [-0.39, 0.29) is 0 Å². The Labute approximate surface area is 117 Å². The molecule has 0 aliphatic heterocycles. The number of fused-ring (bicyclic) bond motifs is 3. The monoisotopic (exact) mass is 267 g/mol. The summed E-state index contributed by atoms with van der Waals surface area (Å²) in [4.78, 5) is 11.3. The number of benzene rings is 1. The number of hydrogen-bond donors (Lipinski definition) is 2. The molecule has 0 saturated heterocycles. The van der Waals surface area contributed by atoms with Gasteiger partial charge >= 0.3 is 0 Å². The lowest BCUT2D eigenvalue weighted by Crippen LogP contribution is -2.14. The van der Waals surface area contributed by atoms with E-state index >= 15 is 0 Å². The summed E-state index contributed by atoms with van der Waals surface area (Å²) in [5.41, 5.74) is 9.44. The number of amides is 1. The molecular weight excluding hydrogens is 250 g/mol. The number of nitrogens with zero attached hydrogens (tertiary/aromatic N) is 1. The summed E-state index contributed by atoms with van der Waals surface area (Å²) in [6.07, 6.45) is 3.31. The lowest BCUT2D eigenvalue weighted by atomic mass is 10.0. The van der Waals surface area contributed by atoms with Crippen molar-refractivity contribution in [2.45, 2.75) is 25.2 Å². The van der Waals surface area contributed by atoms with E-state index in [0.29, 0.717) is 17.5 Å². The molecule has 102 valence electrons. The normalized spacial score (nSPS) is 26.1. The Morgan fingerprint density at radius 2 is 2.15 bits per heavy atom. The predicted octanol–water partition coefficient (Wildman–Crippen LogP) is 2.03. The number of aromatic amines is 1. The maximum absolute atomic E-state index is 11.3. The molecule has 1 saturated carbocycles. The molecule has 0 unspecified atom stereocenters. The third-order valence-electron chi connectivity index (χ3n) is 4.85. The highest BCUT2D eigenvalue weighted by Gasteiger charge is 2.57. The molecule has 2 aromatic rings. The summed E-state index contributed by atoms with van der Waals surface area (Å²) >= 11 is 0. The molecule has 0 radical (unpaired) electrons. The van der Waals surface area contributed by atoms with E-state index in [2.05, 4.69) is 40.5 Å². The summed E-state index contributed by atoms with van der Waals surface area (Å²) in [6, 6.07) is 10.6. The third-order valence-corrected chi connectivity index (χ3v) is 4.85. The highest BCUT2D eigenvalue weighted by atomic mass is 16.1. The first kappa shape index (κ1) is 11.7. The summed E-state index contributed by atoms with van der Waals surface area (Å²) in [5.74, 6) is 1.60. The van der Waals surface area contributed by atoms with Gasteiger partial charge in [0.1, 0.15) is 0 Å². The van der Waals surface area contributed by atoms with E-state index < -0.39 is 5.91 Å². The molecule has 1 aromatic carbocycles. The molecule has 3 N–H and O–H groups in total. The van der Waals surface area contributed by atoms with Crippen molar-refractivity contribution in [1.82, 2.24) is 10.2 Å². The van der Waals surface area contributed by atoms with E-state index in [1.807, 2.05) is 0 Å². The van der Waals surface area contributed by atoms with Crippen LogP contribution in [0.25, 0.3) is 0 Å². The third kappa shape index (κ3) is 1.68. The van der Waals surface area contributed by atoms with Crippen molar-refractivity contribution >= 4 is 5.91 Å². The van der Waals surface area contributed by atoms with Crippen LogP contribution in [0, 0.1) is 11.8 Å². The number of hydrogen-bond acceptors (Lipinski definition) is 2. The topological polar surface area (TPSA) is 71.8 Å². The van der Waals surface area contributed by atoms with Crippen molar-refractivity contribution in [3.63, 3.8) is 0 Å². The van der Waals surface area contributed by atoms with E-state index in [1.54, 1.807) is 0 Å². The highest BCUT2D eigenvalue weighted by molar-refractivity contribution is 5.92. The second kappa shape index (κ2) is 4.20. The van der Waals surface area contributed by atoms with Crippen molar-refractivity contribution < 1.29 is 4.79 Å². The van der Waals surface area contributed by atoms with Gasteiger partial charge in [-0.15, -0.1) is 0 Å². The SMILES string of the molecule is NC(=O)c1n[nH]c2c1C[C@H]1[C@H](CCc3ccccc3)[C@@H]21. The zero-order chi connectivity index (χ0) is 13.7. The maximum atomic E-state index is 11.3. The largest absolute Gasteiger partial charge is 0.364 e. The van der Waals surface area contributed by atoms with Crippen molar-refractivity contribution in [3.05, 3.63) is 52.8 Å². The zero-order valence-electron chi connectivity index (χ0n) is 11.2. The van der Waals surface area contributed by atoms with Crippen LogP contribution < -0.4 is 5.73 Å². The van der Waals surface area contributed by atoms with Gasteiger partial charge in [0.25, 0.3) is 5.91 Å². The molecular formula is C16H17N3O. The number of H-pyrrole nitrogens is 1. The molecule has 1 heterocycles. The lowest BCUT2D eigenvalue weighted by Gasteiger charge is -2.04. The first-order valence-electron chi connectivity index (χ1n) is 7.16. The maximum Gasteiger partial charge on any atom is 0.269 e. The van der Waals surface area contributed by atoms with E-state index in [0.717, 1.165) is 24.3 Å². The summed E-state index contributed by atoms with van der Waals surface area (Å²) in [5, 5.41) is 7.10. The molecule has 2 aliphatic carbocycles. The molecule has 3 atom stereocenters. The van der Waals surface area contributed by atoms with Gasteiger partial charge < -0.3 is 5.73 Å². The number of nitrogens with two attached hydrogens (primary N) is 1. The Morgan fingerprint density at radius 1 is 1.35 bits per heavy atom. The van der Waals surface area contributed by atoms with Gasteiger partial charge in [-0.2, -0.15) is 5.10 Å². The fraction of sp³-hybridized carbons (Fsp3) is 0.375. The summed E-state index contributed by atoms with van der Waals surface area (Å²) in [6.45, 7) is 0. The minimum atomic E-state index is -0.412. The second-order valence-corrected chi connectivity index (χ2v) is 5.91. The molecule has 20 heavy (non-hydrogen) atoms. The molecule has 2 aliphatic rings. The number of nitrogens with one attached hydrogen (secondary N) is 1. The van der Waals surface area contributed by atoms with E-state index in [4.69, 9.17) is 5.73 Å². The fourth-order valence-electron chi connectivity index (χ4n) is 3.82. The van der Waals surface area contributed by atoms with E-state index in [1.165, 1.54) is 17.7 Å². The Balaban J connectivity index is 1.45. The van der Waals surface area contributed by atoms with Crippen LogP contribution in [-0.2, 0) is 12.8 Å². The first-order valence-corrected chi connectivity index (χ1v) is 7.16. The molecule has 1 aromatic heterocycles. The van der Waals surface area contributed by atoms with Crippen molar-refractivity contribution in [3.8, 4) is 0 Å². The molecule has 4 heteroatoms. The van der Waals surface area contributed by atoms with Gasteiger partial charge in [0.15, 0.2) is 5.69 Å². The quantitative estimate of drug-likeness (QED) is 0.889. The van der Waals surface area contributed by atoms with Crippen molar-refractivity contribution in [2.75, 3.05) is 0 Å². The zero-order valence-corrected chi connectivity index (χ0v) is 11.2. The average Bonchev–Trinajstić information content (AvgIpc) is 2.81. The van der Waals surface area contributed by atoms with Gasteiger partial charge in [-0.25, -0.2) is 0 Å². The van der Waals surface area contributed by atoms with Crippen LogP contribution >= 0.6 is 0 Å². The van der Waals surface area contributed by atoms with Gasteiger partial charge in [0, 0.05) is 17.2 Å². The van der Waals surface area contributed by atoms with Crippen molar-refractivity contribution in [1.29, 1.82) is 0 Å². The van der Waals surface area contributed by atoms with Crippen LogP contribution in [0.4, 0.5) is 0 Å². The Morgan fingerprint density at radius 3 is 2.90 bits per heavy atom. The summed E-state index contributed by atoms with van der Waals surface area (Å²) < 4.78 is 0. The molecule has 4 nitrogen and oxygen atoms in total. The Bertz CT molecular complexity index is 662. The standard InChI is InChI=1S/C16H17N3O/c17-16(20)15-12-8-11-10(13(11)14(12)18-19-15)7-6-9-4-2-1-3-5-9/h1-5,10-11,13H,6-8H2,(H2,17,20)(H,18,19)/t10-,11-,13+/m0/s1. The number of aryl methyl sites for hydroxylation is 1. The van der Waals surface area contributed by atoms with Crippen LogP contribution in [0.15, 0.2) is 30.3 Å². The highest BCUT2D eigenvalue weighted by Crippen LogP contribution is 2.62. The van der Waals surface area contributed by atoms with Crippen LogP contribution in [0.2, 0.25) is 0 Å². The molecule has 1 amide bonds. The van der Waals surface area contributed by atoms with Crippen LogP contribution in [-0.4, -0.2) is 16.1 Å². The lowest BCUT2D eigenvalue weighted by molar-refractivity contribution is 0.0994. The van der Waals surface area contributed by atoms with Gasteiger partial charge in [-0.3, -0.25) is 9.89 Å².